The van der Waals surface area contributed by atoms with Gasteiger partial charge in [0, 0.05) is 17.8 Å². The molecule has 1 aliphatic rings. The second-order valence-electron chi connectivity index (χ2n) is 6.57. The van der Waals surface area contributed by atoms with Crippen molar-refractivity contribution in [1.82, 2.24) is 10.6 Å². The van der Waals surface area contributed by atoms with E-state index in [1.54, 1.807) is 0 Å². The van der Waals surface area contributed by atoms with Gasteiger partial charge in [0.1, 0.15) is 4.99 Å². The van der Waals surface area contributed by atoms with Crippen molar-refractivity contribution in [2.75, 3.05) is 0 Å². The number of hydrogen-bond acceptors (Lipinski definition) is 3. The van der Waals surface area contributed by atoms with Crippen LogP contribution in [-0.2, 0) is 4.79 Å². The normalized spacial score (nSPS) is 15.3. The smallest absolute Gasteiger partial charge is 0.258 e. The van der Waals surface area contributed by atoms with E-state index in [9.17, 15) is 4.79 Å². The molecule has 0 saturated heterocycles. The van der Waals surface area contributed by atoms with E-state index in [-0.39, 0.29) is 5.91 Å². The summed E-state index contributed by atoms with van der Waals surface area (Å²) >= 11 is 5.40. The van der Waals surface area contributed by atoms with Crippen LogP contribution in [0.1, 0.15) is 43.2 Å². The quantitative estimate of drug-likeness (QED) is 0.609. The van der Waals surface area contributed by atoms with Crippen LogP contribution in [0.4, 0.5) is 0 Å². The van der Waals surface area contributed by atoms with E-state index in [0.29, 0.717) is 16.6 Å². The fourth-order valence-corrected chi connectivity index (χ4v) is 3.43. The SMILES string of the molecule is O=C(NC(=S)c1ccccc1)/C(=C/NC1CCCCC1)c1ccccc1. The highest BCUT2D eigenvalue weighted by atomic mass is 32.1. The molecule has 0 unspecified atom stereocenters. The molecule has 0 aromatic heterocycles. The summed E-state index contributed by atoms with van der Waals surface area (Å²) < 4.78 is 0. The van der Waals surface area contributed by atoms with Crippen molar-refractivity contribution in [2.24, 2.45) is 0 Å². The van der Waals surface area contributed by atoms with Crippen LogP contribution in [0.5, 0.6) is 0 Å². The highest BCUT2D eigenvalue weighted by Crippen LogP contribution is 2.19. The molecule has 3 rings (SSSR count). The van der Waals surface area contributed by atoms with Crippen molar-refractivity contribution < 1.29 is 4.79 Å². The van der Waals surface area contributed by atoms with Gasteiger partial charge in [-0.1, -0.05) is 92.1 Å². The standard InChI is InChI=1S/C22H24N2OS/c25-21(24-22(26)18-12-6-2-7-13-18)20(17-10-4-1-5-11-17)16-23-19-14-8-3-9-15-19/h1-2,4-7,10-13,16,19,23H,3,8-9,14-15H2,(H,24,25,26)/b20-16+. The monoisotopic (exact) mass is 364 g/mol. The van der Waals surface area contributed by atoms with Gasteiger partial charge in [-0.3, -0.25) is 4.79 Å². The van der Waals surface area contributed by atoms with Crippen molar-refractivity contribution in [3.05, 3.63) is 78.0 Å². The average molecular weight is 365 g/mol. The predicted molar refractivity (Wildman–Crippen MR) is 111 cm³/mol. The van der Waals surface area contributed by atoms with Gasteiger partial charge in [0.15, 0.2) is 0 Å². The molecule has 0 radical (unpaired) electrons. The Kier molecular flexibility index (Phi) is 6.56. The first kappa shape index (κ1) is 18.3. The lowest BCUT2D eigenvalue weighted by molar-refractivity contribution is -0.114. The molecule has 2 N–H and O–H groups in total. The zero-order valence-electron chi connectivity index (χ0n) is 14.8. The van der Waals surface area contributed by atoms with Crippen molar-refractivity contribution in [3.8, 4) is 0 Å². The van der Waals surface area contributed by atoms with Crippen molar-refractivity contribution in [1.29, 1.82) is 0 Å². The average Bonchev–Trinajstić information content (AvgIpc) is 2.70. The number of amides is 1. The van der Waals surface area contributed by atoms with Crippen molar-refractivity contribution >= 4 is 28.7 Å². The Morgan fingerprint density at radius 2 is 1.46 bits per heavy atom. The maximum absolute atomic E-state index is 12.9. The first-order chi connectivity index (χ1) is 12.7. The molecule has 0 bridgehead atoms. The molecule has 4 heteroatoms. The molecule has 2 aromatic rings. The Balaban J connectivity index is 1.76. The second-order valence-corrected chi connectivity index (χ2v) is 6.98. The van der Waals surface area contributed by atoms with E-state index in [1.165, 1.54) is 19.3 Å². The van der Waals surface area contributed by atoms with Crippen LogP contribution >= 0.6 is 12.2 Å². The van der Waals surface area contributed by atoms with E-state index >= 15 is 0 Å². The molecule has 1 aliphatic carbocycles. The Bertz CT molecular complexity index is 765. The Hall–Kier alpha value is -2.46. The van der Waals surface area contributed by atoms with E-state index in [0.717, 1.165) is 24.0 Å². The molecule has 1 fully saturated rings. The van der Waals surface area contributed by atoms with Gasteiger partial charge >= 0.3 is 0 Å². The zero-order chi connectivity index (χ0) is 18.2. The summed E-state index contributed by atoms with van der Waals surface area (Å²) in [4.78, 5) is 13.3. The number of carbonyl (C=O) groups is 1. The number of hydrogen-bond donors (Lipinski definition) is 2. The third-order valence-electron chi connectivity index (χ3n) is 4.66. The maximum Gasteiger partial charge on any atom is 0.258 e. The summed E-state index contributed by atoms with van der Waals surface area (Å²) in [6.45, 7) is 0. The molecular weight excluding hydrogens is 340 g/mol. The van der Waals surface area contributed by atoms with Crippen LogP contribution in [0, 0.1) is 0 Å². The van der Waals surface area contributed by atoms with Crippen LogP contribution in [0.15, 0.2) is 66.9 Å². The largest absolute Gasteiger partial charge is 0.388 e. The van der Waals surface area contributed by atoms with Crippen LogP contribution in [0.2, 0.25) is 0 Å². The molecule has 134 valence electrons. The summed E-state index contributed by atoms with van der Waals surface area (Å²) in [5.74, 6) is -0.187. The third-order valence-corrected chi connectivity index (χ3v) is 5.00. The molecule has 2 aromatic carbocycles. The molecule has 0 heterocycles. The second kappa shape index (κ2) is 9.30. The highest BCUT2D eigenvalue weighted by Gasteiger charge is 2.16. The van der Waals surface area contributed by atoms with Crippen LogP contribution < -0.4 is 10.6 Å². The van der Waals surface area contributed by atoms with E-state index in [4.69, 9.17) is 12.2 Å². The maximum atomic E-state index is 12.9. The number of carbonyl (C=O) groups excluding carboxylic acids is 1. The Labute approximate surface area is 160 Å². The lowest BCUT2D eigenvalue weighted by Gasteiger charge is -2.22. The fraction of sp³-hybridized carbons (Fsp3) is 0.273. The first-order valence-corrected chi connectivity index (χ1v) is 9.57. The molecule has 3 nitrogen and oxygen atoms in total. The number of thiocarbonyl (C=S) groups is 1. The molecule has 0 spiro atoms. The fourth-order valence-electron chi connectivity index (χ4n) is 3.20. The van der Waals surface area contributed by atoms with Crippen LogP contribution in [0.25, 0.3) is 5.57 Å². The Morgan fingerprint density at radius 1 is 0.885 bits per heavy atom. The van der Waals surface area contributed by atoms with Gasteiger partial charge in [-0.15, -0.1) is 0 Å². The summed E-state index contributed by atoms with van der Waals surface area (Å²) in [5.41, 5.74) is 2.32. The molecular formula is C22H24N2OS. The number of rotatable bonds is 5. The molecule has 0 aliphatic heterocycles. The summed E-state index contributed by atoms with van der Waals surface area (Å²) in [5, 5.41) is 6.31. The van der Waals surface area contributed by atoms with Crippen LogP contribution in [-0.4, -0.2) is 16.9 Å². The third kappa shape index (κ3) is 5.02. The minimum absolute atomic E-state index is 0.187. The Morgan fingerprint density at radius 3 is 2.08 bits per heavy atom. The summed E-state index contributed by atoms with van der Waals surface area (Å²) in [6, 6.07) is 19.7. The van der Waals surface area contributed by atoms with Crippen LogP contribution in [0.3, 0.4) is 0 Å². The van der Waals surface area contributed by atoms with Gasteiger partial charge in [-0.25, -0.2) is 0 Å². The summed E-state index contributed by atoms with van der Waals surface area (Å²) in [7, 11) is 0. The van der Waals surface area contributed by atoms with Gasteiger partial charge in [-0.2, -0.15) is 0 Å². The molecule has 0 atom stereocenters. The molecule has 1 amide bonds. The first-order valence-electron chi connectivity index (χ1n) is 9.16. The molecule has 26 heavy (non-hydrogen) atoms. The zero-order valence-corrected chi connectivity index (χ0v) is 15.6. The van der Waals surface area contributed by atoms with Gasteiger partial charge in [0.2, 0.25) is 0 Å². The molecule has 1 saturated carbocycles. The van der Waals surface area contributed by atoms with Gasteiger partial charge in [-0.05, 0) is 18.4 Å². The lowest BCUT2D eigenvalue weighted by atomic mass is 9.95. The topological polar surface area (TPSA) is 41.1 Å². The number of benzene rings is 2. The summed E-state index contributed by atoms with van der Waals surface area (Å²) in [6.07, 6.45) is 7.96. The minimum Gasteiger partial charge on any atom is -0.388 e. The van der Waals surface area contributed by atoms with Gasteiger partial charge < -0.3 is 10.6 Å². The van der Waals surface area contributed by atoms with Crippen molar-refractivity contribution in [3.63, 3.8) is 0 Å². The minimum atomic E-state index is -0.187. The predicted octanol–water partition coefficient (Wildman–Crippen LogP) is 4.44. The van der Waals surface area contributed by atoms with E-state index < -0.39 is 0 Å². The van der Waals surface area contributed by atoms with Crippen molar-refractivity contribution in [2.45, 2.75) is 38.1 Å². The highest BCUT2D eigenvalue weighted by molar-refractivity contribution is 7.80. The van der Waals surface area contributed by atoms with E-state index in [1.807, 2.05) is 66.9 Å². The van der Waals surface area contributed by atoms with Gasteiger partial charge in [0.05, 0.1) is 5.57 Å². The number of nitrogens with one attached hydrogen (secondary N) is 2. The lowest BCUT2D eigenvalue weighted by Crippen LogP contribution is -2.32. The van der Waals surface area contributed by atoms with Gasteiger partial charge in [0.25, 0.3) is 5.91 Å². The van der Waals surface area contributed by atoms with E-state index in [2.05, 4.69) is 10.6 Å².